The van der Waals surface area contributed by atoms with E-state index in [1.54, 1.807) is 22.6 Å². The molecule has 0 atom stereocenters. The van der Waals surface area contributed by atoms with Gasteiger partial charge in [-0.2, -0.15) is 13.2 Å². The maximum absolute atomic E-state index is 12.4. The lowest BCUT2D eigenvalue weighted by molar-refractivity contribution is -0.141. The summed E-state index contributed by atoms with van der Waals surface area (Å²) in [5, 5.41) is 0. The van der Waals surface area contributed by atoms with Crippen LogP contribution in [0.3, 0.4) is 0 Å². The van der Waals surface area contributed by atoms with E-state index in [0.717, 1.165) is 11.6 Å². The lowest BCUT2D eigenvalue weighted by Crippen LogP contribution is -2.09. The third kappa shape index (κ3) is 3.82. The van der Waals surface area contributed by atoms with E-state index in [9.17, 15) is 13.2 Å². The molecule has 0 fully saturated rings. The largest absolute Gasteiger partial charge is 0.486 e. The second kappa shape index (κ2) is 5.77. The quantitative estimate of drug-likeness (QED) is 0.587. The summed E-state index contributed by atoms with van der Waals surface area (Å²) in [6.07, 6.45) is -4.43. The fourth-order valence-corrected chi connectivity index (χ4v) is 2.02. The molecule has 0 saturated heterocycles. The molecule has 0 radical (unpaired) electrons. The number of halogens is 4. The summed E-state index contributed by atoms with van der Waals surface area (Å²) in [6.45, 7) is 0.296. The Bertz CT molecular complexity index is 558. The van der Waals surface area contributed by atoms with Gasteiger partial charge < -0.3 is 4.74 Å². The van der Waals surface area contributed by atoms with Crippen LogP contribution in [-0.4, -0.2) is 4.98 Å². The number of pyridine rings is 1. The minimum atomic E-state index is -4.43. The molecule has 0 bridgehead atoms. The second-order valence-corrected chi connectivity index (χ2v) is 4.78. The third-order valence-corrected chi connectivity index (χ3v) is 3.11. The van der Waals surface area contributed by atoms with Crippen LogP contribution >= 0.6 is 22.6 Å². The van der Waals surface area contributed by atoms with E-state index in [2.05, 4.69) is 4.98 Å². The van der Waals surface area contributed by atoms with E-state index in [4.69, 9.17) is 4.74 Å². The summed E-state index contributed by atoms with van der Waals surface area (Å²) in [7, 11) is 0. The molecule has 0 aliphatic rings. The average molecular weight is 379 g/mol. The number of rotatable bonds is 3. The fraction of sp³-hybridized carbons (Fsp3) is 0.154. The van der Waals surface area contributed by atoms with Crippen LogP contribution in [-0.2, 0) is 12.8 Å². The van der Waals surface area contributed by atoms with Crippen molar-refractivity contribution in [2.45, 2.75) is 12.8 Å². The minimum Gasteiger partial charge on any atom is -0.486 e. The standard InChI is InChI=1S/C13H9F3INO/c14-13(15,16)11-7-6-10(12(17)18-11)19-8-9-4-2-1-3-5-9/h1-7H,8H2. The first-order valence-electron chi connectivity index (χ1n) is 5.37. The van der Waals surface area contributed by atoms with Gasteiger partial charge in [-0.3, -0.25) is 0 Å². The van der Waals surface area contributed by atoms with Gasteiger partial charge in [0.1, 0.15) is 16.0 Å². The van der Waals surface area contributed by atoms with E-state index >= 15 is 0 Å². The summed E-state index contributed by atoms with van der Waals surface area (Å²) in [6, 6.07) is 11.6. The van der Waals surface area contributed by atoms with Crippen LogP contribution in [0.2, 0.25) is 0 Å². The van der Waals surface area contributed by atoms with Crippen LogP contribution in [0.25, 0.3) is 0 Å². The van der Waals surface area contributed by atoms with E-state index < -0.39 is 11.9 Å². The molecule has 6 heteroatoms. The van der Waals surface area contributed by atoms with Gasteiger partial charge in [0.15, 0.2) is 5.75 Å². The summed E-state index contributed by atoms with van der Waals surface area (Å²) >= 11 is 1.73. The first kappa shape index (κ1) is 14.1. The number of ether oxygens (including phenoxy) is 1. The Balaban J connectivity index is 2.10. The van der Waals surface area contributed by atoms with Crippen LogP contribution < -0.4 is 4.74 Å². The molecule has 2 nitrogen and oxygen atoms in total. The van der Waals surface area contributed by atoms with Crippen molar-refractivity contribution < 1.29 is 17.9 Å². The van der Waals surface area contributed by atoms with Crippen molar-refractivity contribution in [2.24, 2.45) is 0 Å². The van der Waals surface area contributed by atoms with Crippen molar-refractivity contribution in [3.05, 3.63) is 57.4 Å². The number of aromatic nitrogens is 1. The van der Waals surface area contributed by atoms with Gasteiger partial charge in [-0.05, 0) is 40.3 Å². The normalized spacial score (nSPS) is 11.4. The Morgan fingerprint density at radius 2 is 1.74 bits per heavy atom. The van der Waals surface area contributed by atoms with Crippen LogP contribution in [0.5, 0.6) is 5.75 Å². The first-order chi connectivity index (χ1) is 8.97. The summed E-state index contributed by atoms with van der Waals surface area (Å²) in [5.41, 5.74) is 0.0298. The Morgan fingerprint density at radius 1 is 1.05 bits per heavy atom. The Hall–Kier alpha value is -1.31. The molecule has 0 saturated carbocycles. The molecular formula is C13H9F3INO. The molecule has 0 unspecified atom stereocenters. The van der Waals surface area contributed by atoms with Crippen molar-refractivity contribution >= 4 is 22.6 Å². The predicted molar refractivity (Wildman–Crippen MR) is 72.7 cm³/mol. The number of nitrogens with zero attached hydrogens (tertiary/aromatic N) is 1. The summed E-state index contributed by atoms with van der Waals surface area (Å²) in [4.78, 5) is 3.49. The molecule has 1 aromatic heterocycles. The number of benzene rings is 1. The Labute approximate surface area is 121 Å². The molecule has 0 spiro atoms. The average Bonchev–Trinajstić information content (AvgIpc) is 2.37. The Morgan fingerprint density at radius 3 is 2.32 bits per heavy atom. The van der Waals surface area contributed by atoms with Gasteiger partial charge in [-0.25, -0.2) is 4.98 Å². The SMILES string of the molecule is FC(F)(F)c1ccc(OCc2ccccc2)c(I)n1. The van der Waals surface area contributed by atoms with Crippen molar-refractivity contribution in [3.8, 4) is 5.75 Å². The van der Waals surface area contributed by atoms with Gasteiger partial charge in [-0.15, -0.1) is 0 Å². The molecule has 19 heavy (non-hydrogen) atoms. The van der Waals surface area contributed by atoms with Crippen LogP contribution in [0.1, 0.15) is 11.3 Å². The molecule has 1 heterocycles. The van der Waals surface area contributed by atoms with Crippen molar-refractivity contribution in [3.63, 3.8) is 0 Å². The highest BCUT2D eigenvalue weighted by atomic mass is 127. The van der Waals surface area contributed by atoms with Crippen LogP contribution in [0.4, 0.5) is 13.2 Å². The highest BCUT2D eigenvalue weighted by molar-refractivity contribution is 14.1. The van der Waals surface area contributed by atoms with E-state index in [0.29, 0.717) is 12.4 Å². The second-order valence-electron chi connectivity index (χ2n) is 3.76. The predicted octanol–water partition coefficient (Wildman–Crippen LogP) is 4.28. The van der Waals surface area contributed by atoms with Crippen LogP contribution in [0, 0.1) is 3.70 Å². The van der Waals surface area contributed by atoms with Gasteiger partial charge >= 0.3 is 6.18 Å². The lowest BCUT2D eigenvalue weighted by atomic mass is 10.2. The maximum atomic E-state index is 12.4. The molecule has 2 rings (SSSR count). The van der Waals surface area contributed by atoms with Crippen molar-refractivity contribution in [2.75, 3.05) is 0 Å². The number of alkyl halides is 3. The summed E-state index contributed by atoms with van der Waals surface area (Å²) < 4.78 is 43.0. The van der Waals surface area contributed by atoms with Gasteiger partial charge in [0.25, 0.3) is 0 Å². The first-order valence-corrected chi connectivity index (χ1v) is 6.45. The zero-order valence-corrected chi connectivity index (χ0v) is 11.8. The zero-order chi connectivity index (χ0) is 13.9. The molecule has 0 aliphatic carbocycles. The van der Waals surface area contributed by atoms with Gasteiger partial charge in [0.05, 0.1) is 0 Å². The van der Waals surface area contributed by atoms with Gasteiger partial charge in [0.2, 0.25) is 0 Å². The highest BCUT2D eigenvalue weighted by Gasteiger charge is 2.32. The number of hydrogen-bond donors (Lipinski definition) is 0. The minimum absolute atomic E-state index is 0.198. The molecule has 100 valence electrons. The van der Waals surface area contributed by atoms with E-state index in [1.807, 2.05) is 30.3 Å². The number of hydrogen-bond acceptors (Lipinski definition) is 2. The molecule has 2 aromatic rings. The fourth-order valence-electron chi connectivity index (χ4n) is 1.42. The van der Waals surface area contributed by atoms with Crippen molar-refractivity contribution in [1.82, 2.24) is 4.98 Å². The highest BCUT2D eigenvalue weighted by Crippen LogP contribution is 2.30. The van der Waals surface area contributed by atoms with E-state index in [-0.39, 0.29) is 3.70 Å². The maximum Gasteiger partial charge on any atom is 0.433 e. The van der Waals surface area contributed by atoms with E-state index in [1.165, 1.54) is 6.07 Å². The monoisotopic (exact) mass is 379 g/mol. The van der Waals surface area contributed by atoms with Crippen molar-refractivity contribution in [1.29, 1.82) is 0 Å². The molecule has 0 aliphatic heterocycles. The topological polar surface area (TPSA) is 22.1 Å². The zero-order valence-electron chi connectivity index (χ0n) is 9.62. The van der Waals surface area contributed by atoms with Crippen LogP contribution in [0.15, 0.2) is 42.5 Å². The third-order valence-electron chi connectivity index (χ3n) is 2.34. The van der Waals surface area contributed by atoms with Gasteiger partial charge in [-0.1, -0.05) is 30.3 Å². The molecule has 1 aromatic carbocycles. The smallest absolute Gasteiger partial charge is 0.433 e. The molecule has 0 amide bonds. The lowest BCUT2D eigenvalue weighted by Gasteiger charge is -2.10. The Kier molecular flexibility index (Phi) is 4.28. The molecule has 0 N–H and O–H groups in total. The molecular weight excluding hydrogens is 370 g/mol. The van der Waals surface area contributed by atoms with Gasteiger partial charge in [0, 0.05) is 0 Å². The summed E-state index contributed by atoms with van der Waals surface area (Å²) in [5.74, 6) is 0.345.